The molecule has 1 fully saturated rings. The second kappa shape index (κ2) is 6.29. The molecule has 1 aliphatic heterocycles. The highest BCUT2D eigenvalue weighted by molar-refractivity contribution is 4.88. The summed E-state index contributed by atoms with van der Waals surface area (Å²) in [5.74, 6) is 2.14. The number of rotatable bonds is 5. The molecular formula is C13H23N3O2. The maximum atomic E-state index is 5.33. The van der Waals surface area contributed by atoms with Gasteiger partial charge in [-0.05, 0) is 32.2 Å². The molecule has 5 heteroatoms. The predicted octanol–water partition coefficient (Wildman–Crippen LogP) is 1.67. The van der Waals surface area contributed by atoms with Crippen LogP contribution < -0.4 is 0 Å². The Labute approximate surface area is 108 Å². The molecule has 0 bridgehead atoms. The van der Waals surface area contributed by atoms with Gasteiger partial charge in [0.25, 0.3) is 0 Å². The normalized spacial score (nSPS) is 23.2. The van der Waals surface area contributed by atoms with Crippen LogP contribution in [0.2, 0.25) is 0 Å². The van der Waals surface area contributed by atoms with Crippen LogP contribution in [0.15, 0.2) is 4.52 Å². The van der Waals surface area contributed by atoms with E-state index in [0.29, 0.717) is 17.9 Å². The van der Waals surface area contributed by atoms with E-state index in [9.17, 15) is 0 Å². The van der Waals surface area contributed by atoms with Crippen molar-refractivity contribution in [1.82, 2.24) is 15.0 Å². The molecule has 1 aromatic heterocycles. The van der Waals surface area contributed by atoms with Crippen LogP contribution in [-0.2, 0) is 11.2 Å². The highest BCUT2D eigenvalue weighted by Crippen LogP contribution is 2.20. The topological polar surface area (TPSA) is 51.4 Å². The van der Waals surface area contributed by atoms with Crippen LogP contribution in [0.25, 0.3) is 0 Å². The van der Waals surface area contributed by atoms with Gasteiger partial charge in [-0.15, -0.1) is 0 Å². The molecule has 0 N–H and O–H groups in total. The Balaban J connectivity index is 1.83. The lowest BCUT2D eigenvalue weighted by Crippen LogP contribution is -2.40. The maximum absolute atomic E-state index is 5.33. The number of piperidine rings is 1. The van der Waals surface area contributed by atoms with Crippen LogP contribution in [0.5, 0.6) is 0 Å². The number of hydrogen-bond acceptors (Lipinski definition) is 5. The van der Waals surface area contributed by atoms with Crippen molar-refractivity contribution >= 4 is 0 Å². The summed E-state index contributed by atoms with van der Waals surface area (Å²) in [7, 11) is 1.77. The standard InChI is InChI=1S/C13H23N3O2/c1-10(17-3)8-16-6-4-5-12(9-16)7-13-14-11(2)18-15-13/h10,12H,4-9H2,1-3H3. The molecule has 0 aromatic carbocycles. The van der Waals surface area contributed by atoms with E-state index in [1.165, 1.54) is 19.4 Å². The fourth-order valence-corrected chi connectivity index (χ4v) is 2.60. The van der Waals surface area contributed by atoms with Crippen LogP contribution in [0.3, 0.4) is 0 Å². The molecule has 5 nitrogen and oxygen atoms in total. The highest BCUT2D eigenvalue weighted by atomic mass is 16.5. The minimum absolute atomic E-state index is 0.302. The molecule has 1 aliphatic rings. The van der Waals surface area contributed by atoms with Crippen molar-refractivity contribution in [2.24, 2.45) is 5.92 Å². The van der Waals surface area contributed by atoms with E-state index in [0.717, 1.165) is 25.3 Å². The van der Waals surface area contributed by atoms with Crippen molar-refractivity contribution in [3.05, 3.63) is 11.7 Å². The van der Waals surface area contributed by atoms with E-state index in [2.05, 4.69) is 22.0 Å². The van der Waals surface area contributed by atoms with E-state index in [1.807, 2.05) is 6.92 Å². The molecule has 2 atom stereocenters. The fourth-order valence-electron chi connectivity index (χ4n) is 2.60. The summed E-state index contributed by atoms with van der Waals surface area (Å²) in [6, 6.07) is 0. The van der Waals surface area contributed by atoms with Gasteiger partial charge in [0.2, 0.25) is 5.89 Å². The zero-order chi connectivity index (χ0) is 13.0. The smallest absolute Gasteiger partial charge is 0.223 e. The minimum Gasteiger partial charge on any atom is -0.380 e. The van der Waals surface area contributed by atoms with E-state index in [1.54, 1.807) is 7.11 Å². The van der Waals surface area contributed by atoms with Gasteiger partial charge in [0.05, 0.1) is 6.10 Å². The molecule has 0 amide bonds. The van der Waals surface area contributed by atoms with Gasteiger partial charge in [0, 0.05) is 33.5 Å². The summed E-state index contributed by atoms with van der Waals surface area (Å²) in [5.41, 5.74) is 0. The summed E-state index contributed by atoms with van der Waals surface area (Å²) >= 11 is 0. The SMILES string of the molecule is COC(C)CN1CCCC(Cc2noc(C)n2)C1. The number of ether oxygens (including phenoxy) is 1. The highest BCUT2D eigenvalue weighted by Gasteiger charge is 2.22. The molecule has 0 saturated carbocycles. The molecule has 18 heavy (non-hydrogen) atoms. The van der Waals surface area contributed by atoms with Crippen LogP contribution >= 0.6 is 0 Å². The average molecular weight is 253 g/mol. The Bertz CT molecular complexity index is 367. The van der Waals surface area contributed by atoms with Crippen molar-refractivity contribution in [2.75, 3.05) is 26.7 Å². The number of likely N-dealkylation sites (tertiary alicyclic amines) is 1. The largest absolute Gasteiger partial charge is 0.380 e. The van der Waals surface area contributed by atoms with Gasteiger partial charge in [-0.3, -0.25) is 0 Å². The zero-order valence-electron chi connectivity index (χ0n) is 11.6. The first-order valence-corrected chi connectivity index (χ1v) is 6.71. The Morgan fingerprint density at radius 1 is 1.56 bits per heavy atom. The number of aryl methyl sites for hydroxylation is 1. The molecule has 1 saturated heterocycles. The van der Waals surface area contributed by atoms with Gasteiger partial charge in [-0.25, -0.2) is 0 Å². The molecule has 2 unspecified atom stereocenters. The number of aromatic nitrogens is 2. The van der Waals surface area contributed by atoms with Gasteiger partial charge < -0.3 is 14.2 Å². The fraction of sp³-hybridized carbons (Fsp3) is 0.846. The van der Waals surface area contributed by atoms with Gasteiger partial charge in [0.1, 0.15) is 0 Å². The van der Waals surface area contributed by atoms with Gasteiger partial charge >= 0.3 is 0 Å². The zero-order valence-corrected chi connectivity index (χ0v) is 11.6. The third-order valence-electron chi connectivity index (χ3n) is 3.56. The first-order chi connectivity index (χ1) is 8.67. The molecule has 0 spiro atoms. The van der Waals surface area contributed by atoms with Gasteiger partial charge in [0.15, 0.2) is 5.82 Å². The van der Waals surface area contributed by atoms with Gasteiger partial charge in [-0.2, -0.15) is 4.98 Å². The lowest BCUT2D eigenvalue weighted by atomic mass is 9.94. The summed E-state index contributed by atoms with van der Waals surface area (Å²) in [5, 5.41) is 3.98. The third-order valence-corrected chi connectivity index (χ3v) is 3.56. The number of nitrogens with zero attached hydrogens (tertiary/aromatic N) is 3. The first-order valence-electron chi connectivity index (χ1n) is 6.71. The monoisotopic (exact) mass is 253 g/mol. The molecular weight excluding hydrogens is 230 g/mol. The van der Waals surface area contributed by atoms with Crippen molar-refractivity contribution in [2.45, 2.75) is 39.2 Å². The summed E-state index contributed by atoms with van der Waals surface area (Å²) < 4.78 is 10.3. The Morgan fingerprint density at radius 3 is 3.06 bits per heavy atom. The van der Waals surface area contributed by atoms with E-state index < -0.39 is 0 Å². The Kier molecular flexibility index (Phi) is 4.72. The predicted molar refractivity (Wildman–Crippen MR) is 68.4 cm³/mol. The van der Waals surface area contributed by atoms with Crippen molar-refractivity contribution in [3.8, 4) is 0 Å². The molecule has 102 valence electrons. The number of hydrogen-bond donors (Lipinski definition) is 0. The Morgan fingerprint density at radius 2 is 2.39 bits per heavy atom. The first kappa shape index (κ1) is 13.5. The lowest BCUT2D eigenvalue weighted by Gasteiger charge is -2.33. The van der Waals surface area contributed by atoms with E-state index >= 15 is 0 Å². The second-order valence-electron chi connectivity index (χ2n) is 5.25. The molecule has 2 rings (SSSR count). The molecule has 0 radical (unpaired) electrons. The van der Waals surface area contributed by atoms with Crippen LogP contribution in [0.1, 0.15) is 31.5 Å². The third kappa shape index (κ3) is 3.78. The quantitative estimate of drug-likeness (QED) is 0.799. The molecule has 1 aromatic rings. The number of methoxy groups -OCH3 is 1. The maximum Gasteiger partial charge on any atom is 0.223 e. The van der Waals surface area contributed by atoms with Crippen molar-refractivity contribution < 1.29 is 9.26 Å². The van der Waals surface area contributed by atoms with Crippen LogP contribution in [0, 0.1) is 12.8 Å². The van der Waals surface area contributed by atoms with Crippen LogP contribution in [-0.4, -0.2) is 47.9 Å². The van der Waals surface area contributed by atoms with Gasteiger partial charge in [-0.1, -0.05) is 5.16 Å². The molecule has 0 aliphatic carbocycles. The van der Waals surface area contributed by atoms with E-state index in [4.69, 9.17) is 9.26 Å². The summed E-state index contributed by atoms with van der Waals surface area (Å²) in [6.07, 6.45) is 3.73. The Hall–Kier alpha value is -0.940. The van der Waals surface area contributed by atoms with Crippen LogP contribution in [0.4, 0.5) is 0 Å². The van der Waals surface area contributed by atoms with Crippen molar-refractivity contribution in [1.29, 1.82) is 0 Å². The minimum atomic E-state index is 0.302. The van der Waals surface area contributed by atoms with E-state index in [-0.39, 0.29) is 0 Å². The average Bonchev–Trinajstić information content (AvgIpc) is 2.75. The molecule has 2 heterocycles. The van der Waals surface area contributed by atoms with Crippen molar-refractivity contribution in [3.63, 3.8) is 0 Å². The second-order valence-corrected chi connectivity index (χ2v) is 5.25. The summed E-state index contributed by atoms with van der Waals surface area (Å²) in [4.78, 5) is 6.77. The summed E-state index contributed by atoms with van der Waals surface area (Å²) in [6.45, 7) is 7.26. The lowest BCUT2D eigenvalue weighted by molar-refractivity contribution is 0.0590.